The number of nitrogens with zero attached hydrogens (tertiary/aromatic N) is 2. The van der Waals surface area contributed by atoms with Crippen LogP contribution in [0.4, 0.5) is 5.13 Å². The molecule has 0 spiro atoms. The maximum absolute atomic E-state index is 12.0. The molecule has 0 atom stereocenters. The van der Waals surface area contributed by atoms with E-state index < -0.39 is 0 Å². The molecule has 0 aliphatic carbocycles. The van der Waals surface area contributed by atoms with Crippen molar-refractivity contribution in [2.45, 2.75) is 20.5 Å². The molecule has 0 radical (unpaired) electrons. The molecule has 3 rings (SSSR count). The van der Waals surface area contributed by atoms with Gasteiger partial charge in [0.1, 0.15) is 18.1 Å². The van der Waals surface area contributed by atoms with E-state index in [4.69, 9.17) is 9.47 Å². The summed E-state index contributed by atoms with van der Waals surface area (Å²) in [6.07, 6.45) is 0. The molecule has 0 bridgehead atoms. The van der Waals surface area contributed by atoms with E-state index in [-0.39, 0.29) is 12.5 Å². The van der Waals surface area contributed by atoms with E-state index in [9.17, 15) is 4.79 Å². The van der Waals surface area contributed by atoms with Gasteiger partial charge in [-0.25, -0.2) is 0 Å². The molecular weight excluding hydrogens is 350 g/mol. The SMILES string of the molecule is Cc1cccc(OCC(=O)Nc2nnc(COc3ccccc3C)s2)c1. The third-order valence-corrected chi connectivity index (χ3v) is 4.33. The third kappa shape index (κ3) is 5.03. The Morgan fingerprint density at radius 1 is 1.08 bits per heavy atom. The quantitative estimate of drug-likeness (QED) is 0.687. The number of hydrogen-bond acceptors (Lipinski definition) is 6. The fraction of sp³-hybridized carbons (Fsp3) is 0.211. The molecule has 6 nitrogen and oxygen atoms in total. The zero-order chi connectivity index (χ0) is 18.4. The molecule has 1 N–H and O–H groups in total. The molecule has 134 valence electrons. The summed E-state index contributed by atoms with van der Waals surface area (Å²) < 4.78 is 11.2. The van der Waals surface area contributed by atoms with Gasteiger partial charge < -0.3 is 9.47 Å². The Morgan fingerprint density at radius 2 is 1.92 bits per heavy atom. The number of benzene rings is 2. The number of carbonyl (C=O) groups is 1. The van der Waals surface area contributed by atoms with Crippen molar-refractivity contribution in [1.29, 1.82) is 0 Å². The van der Waals surface area contributed by atoms with Crippen LogP contribution < -0.4 is 14.8 Å². The molecule has 0 saturated carbocycles. The summed E-state index contributed by atoms with van der Waals surface area (Å²) in [4.78, 5) is 12.0. The number of aromatic nitrogens is 2. The Morgan fingerprint density at radius 3 is 2.73 bits per heavy atom. The second kappa shape index (κ2) is 8.44. The average Bonchev–Trinajstić information content (AvgIpc) is 3.07. The topological polar surface area (TPSA) is 73.3 Å². The first-order valence-corrected chi connectivity index (χ1v) is 8.92. The van der Waals surface area contributed by atoms with Crippen molar-refractivity contribution in [2.75, 3.05) is 11.9 Å². The summed E-state index contributed by atoms with van der Waals surface area (Å²) in [7, 11) is 0. The van der Waals surface area contributed by atoms with Gasteiger partial charge in [0.2, 0.25) is 5.13 Å². The number of anilines is 1. The Hall–Kier alpha value is -2.93. The number of aryl methyl sites for hydroxylation is 2. The summed E-state index contributed by atoms with van der Waals surface area (Å²) >= 11 is 1.28. The summed E-state index contributed by atoms with van der Waals surface area (Å²) in [5, 5.41) is 11.8. The zero-order valence-electron chi connectivity index (χ0n) is 14.6. The van der Waals surface area contributed by atoms with E-state index in [1.54, 1.807) is 0 Å². The van der Waals surface area contributed by atoms with Gasteiger partial charge in [-0.15, -0.1) is 10.2 Å². The number of hydrogen-bond donors (Lipinski definition) is 1. The van der Waals surface area contributed by atoms with E-state index in [2.05, 4.69) is 15.5 Å². The van der Waals surface area contributed by atoms with Gasteiger partial charge in [-0.2, -0.15) is 0 Å². The van der Waals surface area contributed by atoms with Crippen LogP contribution in [0.2, 0.25) is 0 Å². The molecule has 0 aliphatic rings. The molecule has 1 heterocycles. The smallest absolute Gasteiger partial charge is 0.264 e. The predicted molar refractivity (Wildman–Crippen MR) is 101 cm³/mol. The maximum Gasteiger partial charge on any atom is 0.264 e. The van der Waals surface area contributed by atoms with Crippen molar-refractivity contribution in [1.82, 2.24) is 10.2 Å². The first-order chi connectivity index (χ1) is 12.6. The predicted octanol–water partition coefficient (Wildman–Crippen LogP) is 3.75. The van der Waals surface area contributed by atoms with Crippen LogP contribution in [0.5, 0.6) is 11.5 Å². The Bertz CT molecular complexity index is 895. The molecule has 0 fully saturated rings. The van der Waals surface area contributed by atoms with Crippen molar-refractivity contribution in [3.8, 4) is 11.5 Å². The summed E-state index contributed by atoms with van der Waals surface area (Å²) in [6, 6.07) is 15.3. The minimum Gasteiger partial charge on any atom is -0.486 e. The Labute approximate surface area is 155 Å². The molecule has 3 aromatic rings. The monoisotopic (exact) mass is 369 g/mol. The fourth-order valence-electron chi connectivity index (χ4n) is 2.23. The maximum atomic E-state index is 12.0. The first-order valence-electron chi connectivity index (χ1n) is 8.10. The van der Waals surface area contributed by atoms with E-state index in [1.165, 1.54) is 11.3 Å². The molecule has 1 aromatic heterocycles. The van der Waals surface area contributed by atoms with Gasteiger partial charge in [0.25, 0.3) is 5.91 Å². The molecule has 2 aromatic carbocycles. The van der Waals surface area contributed by atoms with Crippen LogP contribution in [0.25, 0.3) is 0 Å². The largest absolute Gasteiger partial charge is 0.486 e. The van der Waals surface area contributed by atoms with Crippen LogP contribution in [-0.2, 0) is 11.4 Å². The lowest BCUT2D eigenvalue weighted by Gasteiger charge is -2.06. The number of ether oxygens (including phenoxy) is 2. The Balaban J connectivity index is 1.48. The van der Waals surface area contributed by atoms with Crippen molar-refractivity contribution < 1.29 is 14.3 Å². The summed E-state index contributed by atoms with van der Waals surface area (Å²) in [5.41, 5.74) is 2.13. The highest BCUT2D eigenvalue weighted by molar-refractivity contribution is 7.15. The Kier molecular flexibility index (Phi) is 5.80. The second-order valence-electron chi connectivity index (χ2n) is 5.71. The van der Waals surface area contributed by atoms with Crippen LogP contribution in [-0.4, -0.2) is 22.7 Å². The van der Waals surface area contributed by atoms with Crippen LogP contribution in [0, 0.1) is 13.8 Å². The summed E-state index contributed by atoms with van der Waals surface area (Å²) in [5.74, 6) is 1.18. The average molecular weight is 369 g/mol. The number of rotatable bonds is 7. The zero-order valence-corrected chi connectivity index (χ0v) is 15.4. The van der Waals surface area contributed by atoms with Gasteiger partial charge in [-0.1, -0.05) is 41.7 Å². The van der Waals surface area contributed by atoms with Crippen LogP contribution in [0.1, 0.15) is 16.1 Å². The lowest BCUT2D eigenvalue weighted by molar-refractivity contribution is -0.118. The highest BCUT2D eigenvalue weighted by Crippen LogP contribution is 2.21. The van der Waals surface area contributed by atoms with Gasteiger partial charge in [0, 0.05) is 0 Å². The number of amides is 1. The van der Waals surface area contributed by atoms with Gasteiger partial charge in [-0.05, 0) is 43.2 Å². The van der Waals surface area contributed by atoms with Crippen LogP contribution in [0.3, 0.4) is 0 Å². The number of para-hydroxylation sites is 1. The molecule has 26 heavy (non-hydrogen) atoms. The number of nitrogens with one attached hydrogen (secondary N) is 1. The third-order valence-electron chi connectivity index (χ3n) is 3.52. The molecule has 0 unspecified atom stereocenters. The molecule has 0 saturated heterocycles. The lowest BCUT2D eigenvalue weighted by atomic mass is 10.2. The second-order valence-corrected chi connectivity index (χ2v) is 6.77. The first kappa shape index (κ1) is 17.9. The number of carbonyl (C=O) groups excluding carboxylic acids is 1. The van der Waals surface area contributed by atoms with Crippen LogP contribution in [0.15, 0.2) is 48.5 Å². The van der Waals surface area contributed by atoms with E-state index in [0.29, 0.717) is 22.5 Å². The molecule has 0 aliphatic heterocycles. The van der Waals surface area contributed by atoms with E-state index >= 15 is 0 Å². The van der Waals surface area contributed by atoms with Gasteiger partial charge >= 0.3 is 0 Å². The van der Waals surface area contributed by atoms with Gasteiger partial charge in [-0.3, -0.25) is 10.1 Å². The minimum atomic E-state index is -0.283. The van der Waals surface area contributed by atoms with Crippen molar-refractivity contribution in [3.05, 3.63) is 64.7 Å². The normalized spacial score (nSPS) is 10.4. The fourth-order valence-corrected chi connectivity index (χ4v) is 2.90. The van der Waals surface area contributed by atoms with Crippen molar-refractivity contribution in [2.24, 2.45) is 0 Å². The minimum absolute atomic E-state index is 0.0852. The standard InChI is InChI=1S/C19H19N3O3S/c1-13-6-5-8-15(10-13)24-11-17(23)20-19-22-21-18(26-19)12-25-16-9-4-3-7-14(16)2/h3-10H,11-12H2,1-2H3,(H,20,22,23). The summed E-state index contributed by atoms with van der Waals surface area (Å²) in [6.45, 7) is 4.17. The highest BCUT2D eigenvalue weighted by atomic mass is 32.1. The van der Waals surface area contributed by atoms with E-state index in [1.807, 2.05) is 62.4 Å². The van der Waals surface area contributed by atoms with Crippen molar-refractivity contribution >= 4 is 22.4 Å². The lowest BCUT2D eigenvalue weighted by Crippen LogP contribution is -2.20. The molecule has 7 heteroatoms. The van der Waals surface area contributed by atoms with Crippen LogP contribution >= 0.6 is 11.3 Å². The van der Waals surface area contributed by atoms with Gasteiger partial charge in [0.15, 0.2) is 11.6 Å². The van der Waals surface area contributed by atoms with Gasteiger partial charge in [0.05, 0.1) is 0 Å². The van der Waals surface area contributed by atoms with E-state index in [0.717, 1.165) is 16.9 Å². The van der Waals surface area contributed by atoms with Crippen molar-refractivity contribution in [3.63, 3.8) is 0 Å². The molecular formula is C19H19N3O3S. The molecule has 1 amide bonds. The highest BCUT2D eigenvalue weighted by Gasteiger charge is 2.10.